The van der Waals surface area contributed by atoms with Gasteiger partial charge in [-0.2, -0.15) is 0 Å². The van der Waals surface area contributed by atoms with Gasteiger partial charge in [-0.05, 0) is 11.1 Å². The molecule has 0 amide bonds. The monoisotopic (exact) mass is 237 g/mol. The van der Waals surface area contributed by atoms with Crippen molar-refractivity contribution in [1.82, 2.24) is 0 Å². The molecule has 88 valence electrons. The molecule has 0 unspecified atom stereocenters. The summed E-state index contributed by atoms with van der Waals surface area (Å²) in [7, 11) is 0. The third kappa shape index (κ3) is 1.61. The molecule has 1 aliphatic carbocycles. The minimum Gasteiger partial charge on any atom is -0.318 e. The number of oxime groups is 1. The standard InChI is InChI=1S/C15H11NO2/c1-10(17)18-16-15-13-8-4-2-6-11(13)12-7-3-5-9-14(12)15/h2-9H,1H3. The van der Waals surface area contributed by atoms with E-state index in [-0.39, 0.29) is 0 Å². The lowest BCUT2D eigenvalue weighted by atomic mass is 10.1. The van der Waals surface area contributed by atoms with Gasteiger partial charge in [0.2, 0.25) is 0 Å². The van der Waals surface area contributed by atoms with Gasteiger partial charge < -0.3 is 4.84 Å². The van der Waals surface area contributed by atoms with Gasteiger partial charge in [0, 0.05) is 18.1 Å². The van der Waals surface area contributed by atoms with Crippen molar-refractivity contribution in [2.24, 2.45) is 5.16 Å². The molecule has 3 rings (SSSR count). The van der Waals surface area contributed by atoms with Crippen LogP contribution in [-0.4, -0.2) is 11.7 Å². The van der Waals surface area contributed by atoms with Gasteiger partial charge in [-0.15, -0.1) is 0 Å². The maximum Gasteiger partial charge on any atom is 0.332 e. The molecule has 1 aliphatic rings. The second-order valence-corrected chi connectivity index (χ2v) is 4.11. The molecule has 0 bridgehead atoms. The first kappa shape index (κ1) is 10.7. The lowest BCUT2D eigenvalue weighted by Crippen LogP contribution is -2.01. The maximum atomic E-state index is 10.9. The van der Waals surface area contributed by atoms with E-state index in [9.17, 15) is 4.79 Å². The predicted molar refractivity (Wildman–Crippen MR) is 69.3 cm³/mol. The number of fused-ring (bicyclic) bond motifs is 3. The maximum absolute atomic E-state index is 10.9. The number of benzene rings is 2. The minimum absolute atomic E-state index is 0.413. The normalized spacial score (nSPS) is 11.7. The van der Waals surface area contributed by atoms with Gasteiger partial charge in [-0.1, -0.05) is 53.7 Å². The largest absolute Gasteiger partial charge is 0.332 e. The van der Waals surface area contributed by atoms with Crippen molar-refractivity contribution in [1.29, 1.82) is 0 Å². The lowest BCUT2D eigenvalue weighted by molar-refractivity contribution is -0.140. The smallest absolute Gasteiger partial charge is 0.318 e. The Morgan fingerprint density at radius 2 is 1.33 bits per heavy atom. The Morgan fingerprint density at radius 3 is 1.78 bits per heavy atom. The summed E-state index contributed by atoms with van der Waals surface area (Å²) in [6.45, 7) is 1.34. The fourth-order valence-corrected chi connectivity index (χ4v) is 2.20. The average Bonchev–Trinajstić information content (AvgIpc) is 2.71. The van der Waals surface area contributed by atoms with Crippen molar-refractivity contribution in [3.05, 3.63) is 59.7 Å². The molecule has 0 heterocycles. The van der Waals surface area contributed by atoms with Gasteiger partial charge >= 0.3 is 5.97 Å². The van der Waals surface area contributed by atoms with Crippen LogP contribution in [0.3, 0.4) is 0 Å². The van der Waals surface area contributed by atoms with Crippen LogP contribution in [0.25, 0.3) is 11.1 Å². The molecule has 0 fully saturated rings. The van der Waals surface area contributed by atoms with E-state index in [0.717, 1.165) is 28.0 Å². The van der Waals surface area contributed by atoms with Crippen molar-refractivity contribution >= 4 is 11.7 Å². The van der Waals surface area contributed by atoms with Crippen LogP contribution in [0.5, 0.6) is 0 Å². The van der Waals surface area contributed by atoms with Gasteiger partial charge in [0.25, 0.3) is 0 Å². The van der Waals surface area contributed by atoms with Crippen molar-refractivity contribution < 1.29 is 9.63 Å². The lowest BCUT2D eigenvalue weighted by Gasteiger charge is -1.99. The van der Waals surface area contributed by atoms with Gasteiger partial charge in [-0.3, -0.25) is 0 Å². The van der Waals surface area contributed by atoms with Crippen molar-refractivity contribution in [2.45, 2.75) is 6.92 Å². The van der Waals surface area contributed by atoms with E-state index in [1.165, 1.54) is 6.92 Å². The molecule has 0 atom stereocenters. The number of hydrogen-bond acceptors (Lipinski definition) is 3. The van der Waals surface area contributed by atoms with Crippen LogP contribution in [0.4, 0.5) is 0 Å². The molecule has 2 aromatic carbocycles. The highest BCUT2D eigenvalue weighted by Gasteiger charge is 2.24. The van der Waals surface area contributed by atoms with Crippen molar-refractivity contribution in [2.75, 3.05) is 0 Å². The Labute approximate surface area is 105 Å². The van der Waals surface area contributed by atoms with Gasteiger partial charge in [0.05, 0.1) is 0 Å². The fourth-order valence-electron chi connectivity index (χ4n) is 2.20. The van der Waals surface area contributed by atoms with E-state index < -0.39 is 5.97 Å². The van der Waals surface area contributed by atoms with E-state index in [1.54, 1.807) is 0 Å². The third-order valence-electron chi connectivity index (χ3n) is 2.92. The highest BCUT2D eigenvalue weighted by molar-refractivity contribution is 6.24. The first-order valence-corrected chi connectivity index (χ1v) is 5.72. The molecular formula is C15H11NO2. The minimum atomic E-state index is -0.413. The first-order valence-electron chi connectivity index (χ1n) is 5.72. The summed E-state index contributed by atoms with van der Waals surface area (Å²) in [5, 5.41) is 3.97. The zero-order valence-corrected chi connectivity index (χ0v) is 9.88. The molecule has 0 N–H and O–H groups in total. The van der Waals surface area contributed by atoms with Crippen LogP contribution < -0.4 is 0 Å². The Balaban J connectivity index is 2.21. The van der Waals surface area contributed by atoms with Crippen LogP contribution in [0, 0.1) is 0 Å². The first-order chi connectivity index (χ1) is 8.77. The fraction of sp³-hybridized carbons (Fsp3) is 0.0667. The second-order valence-electron chi connectivity index (χ2n) is 4.11. The summed E-state index contributed by atoms with van der Waals surface area (Å²) >= 11 is 0. The highest BCUT2D eigenvalue weighted by Crippen LogP contribution is 2.36. The number of nitrogens with zero attached hydrogens (tertiary/aromatic N) is 1. The van der Waals surface area contributed by atoms with Crippen LogP contribution >= 0.6 is 0 Å². The summed E-state index contributed by atoms with van der Waals surface area (Å²) < 4.78 is 0. The molecule has 0 aromatic heterocycles. The molecule has 2 aromatic rings. The molecule has 3 heteroatoms. The second kappa shape index (κ2) is 4.11. The number of rotatable bonds is 1. The number of carbonyl (C=O) groups excluding carboxylic acids is 1. The summed E-state index contributed by atoms with van der Waals surface area (Å²) in [5.74, 6) is -0.413. The zero-order chi connectivity index (χ0) is 12.5. The number of hydrogen-bond donors (Lipinski definition) is 0. The Bertz CT molecular complexity index is 612. The van der Waals surface area contributed by atoms with Crippen LogP contribution in [0.15, 0.2) is 53.7 Å². The summed E-state index contributed by atoms with van der Waals surface area (Å²) in [5.41, 5.74) is 4.97. The summed E-state index contributed by atoms with van der Waals surface area (Å²) in [4.78, 5) is 15.7. The van der Waals surface area contributed by atoms with Crippen molar-refractivity contribution in [3.8, 4) is 11.1 Å². The quantitative estimate of drug-likeness (QED) is 0.482. The van der Waals surface area contributed by atoms with E-state index in [0.29, 0.717) is 0 Å². The van der Waals surface area contributed by atoms with Crippen LogP contribution in [-0.2, 0) is 9.63 Å². The SMILES string of the molecule is CC(=O)ON=C1c2ccccc2-c2ccccc21. The topological polar surface area (TPSA) is 38.7 Å². The summed E-state index contributed by atoms with van der Waals surface area (Å²) in [6, 6.07) is 15.9. The molecule has 0 saturated heterocycles. The van der Waals surface area contributed by atoms with E-state index in [4.69, 9.17) is 4.84 Å². The number of carbonyl (C=O) groups is 1. The van der Waals surface area contributed by atoms with E-state index in [1.807, 2.05) is 48.5 Å². The Morgan fingerprint density at radius 1 is 0.889 bits per heavy atom. The van der Waals surface area contributed by atoms with Gasteiger partial charge in [0.15, 0.2) is 0 Å². The molecule has 0 aliphatic heterocycles. The zero-order valence-electron chi connectivity index (χ0n) is 9.88. The molecule has 0 spiro atoms. The van der Waals surface area contributed by atoms with E-state index >= 15 is 0 Å². The molecular weight excluding hydrogens is 226 g/mol. The van der Waals surface area contributed by atoms with Crippen molar-refractivity contribution in [3.63, 3.8) is 0 Å². The van der Waals surface area contributed by atoms with Gasteiger partial charge in [0.1, 0.15) is 5.71 Å². The third-order valence-corrected chi connectivity index (χ3v) is 2.92. The Kier molecular flexibility index (Phi) is 2.45. The highest BCUT2D eigenvalue weighted by atomic mass is 16.7. The van der Waals surface area contributed by atoms with Crippen LogP contribution in [0.1, 0.15) is 18.1 Å². The molecule has 0 saturated carbocycles. The Hall–Kier alpha value is -2.42. The van der Waals surface area contributed by atoms with E-state index in [2.05, 4.69) is 5.16 Å². The molecule has 18 heavy (non-hydrogen) atoms. The predicted octanol–water partition coefficient (Wildman–Crippen LogP) is 2.98. The average molecular weight is 237 g/mol. The van der Waals surface area contributed by atoms with Crippen LogP contribution in [0.2, 0.25) is 0 Å². The van der Waals surface area contributed by atoms with Gasteiger partial charge in [-0.25, -0.2) is 4.79 Å². The molecule has 3 nitrogen and oxygen atoms in total. The summed E-state index contributed by atoms with van der Waals surface area (Å²) in [6.07, 6.45) is 0. The molecule has 0 radical (unpaired) electrons.